The van der Waals surface area contributed by atoms with Crippen LogP contribution in [0.25, 0.3) is 0 Å². The van der Waals surface area contributed by atoms with Crippen LogP contribution in [0.5, 0.6) is 11.5 Å². The zero-order valence-electron chi connectivity index (χ0n) is 35.4. The number of amides is 2. The molecule has 0 radical (unpaired) electrons. The Balaban J connectivity index is 1.28. The first kappa shape index (κ1) is 50.6. The van der Waals surface area contributed by atoms with Crippen molar-refractivity contribution in [1.82, 2.24) is 10.6 Å². The van der Waals surface area contributed by atoms with Crippen LogP contribution in [0, 0.1) is 7.14 Å². The monoisotopic (exact) mass is 1060 g/mol. The highest BCUT2D eigenvalue weighted by molar-refractivity contribution is 14.1. The van der Waals surface area contributed by atoms with E-state index in [1.54, 1.807) is 20.8 Å². The van der Waals surface area contributed by atoms with Crippen LogP contribution in [0.15, 0.2) is 72.8 Å². The molecule has 2 amide bonds. The molecule has 3 aromatic rings. The van der Waals surface area contributed by atoms with Gasteiger partial charge in [0.1, 0.15) is 29.2 Å². The lowest BCUT2D eigenvalue weighted by molar-refractivity contribution is -0.147. The molecule has 0 spiro atoms. The third-order valence-corrected chi connectivity index (χ3v) is 10.6. The minimum atomic E-state index is -0.849. The maximum Gasteiger partial charge on any atom is 0.408 e. The van der Waals surface area contributed by atoms with Gasteiger partial charge in [-0.25, -0.2) is 19.2 Å². The van der Waals surface area contributed by atoms with E-state index in [2.05, 4.69) is 55.8 Å². The Labute approximate surface area is 383 Å². The Morgan fingerprint density at radius 1 is 0.550 bits per heavy atom. The molecule has 330 valence electrons. The number of rotatable bonds is 27. The second-order valence-electron chi connectivity index (χ2n) is 15.3. The van der Waals surface area contributed by atoms with Gasteiger partial charge >= 0.3 is 24.1 Å². The Hall–Kier alpha value is -3.80. The number of nitrogens with one attached hydrogen (secondary N) is 2. The molecule has 2 N–H and O–H groups in total. The van der Waals surface area contributed by atoms with Crippen LogP contribution < -0.4 is 20.1 Å². The first-order chi connectivity index (χ1) is 28.8. The molecule has 0 bridgehead atoms. The number of alkyl carbamates (subject to hydrolysis) is 2. The number of benzene rings is 3. The lowest BCUT2D eigenvalue weighted by Gasteiger charge is -2.23. The summed E-state index contributed by atoms with van der Waals surface area (Å²) in [5.74, 6) is 0.672. The molecule has 0 fully saturated rings. The van der Waals surface area contributed by atoms with Gasteiger partial charge in [0.2, 0.25) is 0 Å². The fraction of sp³-hybridized carbons (Fsp3) is 0.522. The summed E-state index contributed by atoms with van der Waals surface area (Å²) < 4.78 is 35.8. The molecule has 2 atom stereocenters. The van der Waals surface area contributed by atoms with Gasteiger partial charge in [-0.15, -0.1) is 0 Å². The van der Waals surface area contributed by atoms with Gasteiger partial charge in [-0.05, 0) is 147 Å². The highest BCUT2D eigenvalue weighted by Crippen LogP contribution is 2.31. The van der Waals surface area contributed by atoms with Gasteiger partial charge in [0, 0.05) is 12.8 Å². The lowest BCUT2D eigenvalue weighted by Crippen LogP contribution is -2.45. The summed E-state index contributed by atoms with van der Waals surface area (Å²) in [5.41, 5.74) is 1.15. The largest absolute Gasteiger partial charge is 0.492 e. The van der Waals surface area contributed by atoms with Crippen LogP contribution in [0.3, 0.4) is 0 Å². The highest BCUT2D eigenvalue weighted by Gasteiger charge is 2.26. The van der Waals surface area contributed by atoms with Crippen molar-refractivity contribution in [3.63, 3.8) is 0 Å². The number of unbranched alkanes of at least 4 members (excludes halogenated alkanes) is 7. The molecule has 0 saturated heterocycles. The minimum Gasteiger partial charge on any atom is -0.492 e. The van der Waals surface area contributed by atoms with Gasteiger partial charge in [-0.2, -0.15) is 0 Å². The molecule has 0 saturated carbocycles. The predicted octanol–water partition coefficient (Wildman–Crippen LogP) is 10.1. The van der Waals surface area contributed by atoms with Crippen molar-refractivity contribution in [3.05, 3.63) is 91.1 Å². The molecule has 0 aliphatic carbocycles. The topological polar surface area (TPSA) is 148 Å². The highest BCUT2D eigenvalue weighted by atomic mass is 127. The first-order valence-electron chi connectivity index (χ1n) is 20.9. The summed E-state index contributed by atoms with van der Waals surface area (Å²) >= 11 is 4.53. The van der Waals surface area contributed by atoms with E-state index in [9.17, 15) is 19.2 Å². The second kappa shape index (κ2) is 28.7. The van der Waals surface area contributed by atoms with Crippen LogP contribution in [0.4, 0.5) is 9.59 Å². The van der Waals surface area contributed by atoms with Crippen LogP contribution in [0.2, 0.25) is 0 Å². The molecule has 0 heterocycles. The van der Waals surface area contributed by atoms with Gasteiger partial charge in [-0.3, -0.25) is 0 Å². The van der Waals surface area contributed by atoms with Gasteiger partial charge in [0.05, 0.1) is 40.2 Å². The summed E-state index contributed by atoms with van der Waals surface area (Å²) in [4.78, 5) is 50.5. The molecule has 60 heavy (non-hydrogen) atoms. The second-order valence-corrected chi connectivity index (χ2v) is 17.7. The normalized spacial score (nSPS) is 12.1. The number of carbonyl (C=O) groups excluding carboxylic acids is 4. The van der Waals surface area contributed by atoms with Crippen LogP contribution in [-0.2, 0) is 41.4 Å². The van der Waals surface area contributed by atoms with E-state index in [1.165, 1.54) is 0 Å². The standard InChI is InChI=1S/C46H62I2N2O10/c1-5-6-25-59-44(53)49-38(30-34-21-13-11-14-22-34)42(51)57-28-19-9-7-17-26-55-40-32-37(48)41(33-36(40)47)56-27-18-8-10-20-29-58-43(52)39(31-35-23-15-12-16-24-35)50-45(54)60-46(2,3)4/h11-16,21-24,32-33,38-39H,5-10,17-20,25-31H2,1-4H3,(H,49,53)(H,50,54)/t38?,39-/m0/s1. The average molecular weight is 1060 g/mol. The molecule has 3 rings (SSSR count). The van der Waals surface area contributed by atoms with E-state index in [-0.39, 0.29) is 13.2 Å². The summed E-state index contributed by atoms with van der Waals surface area (Å²) in [5, 5.41) is 5.35. The Kier molecular flexibility index (Phi) is 24.2. The zero-order valence-corrected chi connectivity index (χ0v) is 39.8. The molecule has 0 aromatic heterocycles. The molecular weight excluding hydrogens is 994 g/mol. The van der Waals surface area contributed by atoms with Crippen molar-refractivity contribution in [2.45, 2.75) is 122 Å². The number of hydrogen-bond acceptors (Lipinski definition) is 10. The van der Waals surface area contributed by atoms with E-state index in [0.717, 1.165) is 81.1 Å². The van der Waals surface area contributed by atoms with E-state index in [1.807, 2.05) is 79.7 Å². The smallest absolute Gasteiger partial charge is 0.408 e. The van der Waals surface area contributed by atoms with E-state index in [0.29, 0.717) is 45.5 Å². The third kappa shape index (κ3) is 21.6. The molecule has 0 aliphatic heterocycles. The number of hydrogen-bond donors (Lipinski definition) is 2. The van der Waals surface area contributed by atoms with Gasteiger partial charge in [0.25, 0.3) is 0 Å². The maximum absolute atomic E-state index is 12.9. The summed E-state index contributed by atoms with van der Waals surface area (Å²) in [7, 11) is 0. The fourth-order valence-electron chi connectivity index (χ4n) is 5.79. The number of ether oxygens (including phenoxy) is 6. The molecule has 3 aromatic carbocycles. The number of halogens is 2. The van der Waals surface area contributed by atoms with E-state index >= 15 is 0 Å². The zero-order chi connectivity index (χ0) is 43.6. The van der Waals surface area contributed by atoms with Gasteiger partial charge in [-0.1, -0.05) is 74.0 Å². The quantitative estimate of drug-likeness (QED) is 0.0327. The number of carbonyl (C=O) groups is 4. The van der Waals surface area contributed by atoms with Gasteiger partial charge in [0.15, 0.2) is 0 Å². The summed E-state index contributed by atoms with van der Waals surface area (Å²) in [6.07, 6.45) is 7.75. The predicted molar refractivity (Wildman–Crippen MR) is 248 cm³/mol. The Morgan fingerprint density at radius 3 is 1.37 bits per heavy atom. The number of esters is 2. The van der Waals surface area contributed by atoms with Crippen LogP contribution >= 0.6 is 45.2 Å². The van der Waals surface area contributed by atoms with Crippen LogP contribution in [0.1, 0.15) is 103 Å². The SMILES string of the molecule is CCCCOC(=O)NC(Cc1ccccc1)C(=O)OCCCCCCOc1cc(I)c(OCCCCCCOC(=O)[C@H](Cc2ccccc2)NC(=O)OC(C)(C)C)cc1I. The van der Waals surface area contributed by atoms with Crippen molar-refractivity contribution in [1.29, 1.82) is 0 Å². The summed E-state index contributed by atoms with van der Waals surface area (Å²) in [6, 6.07) is 21.3. The van der Waals surface area contributed by atoms with Crippen molar-refractivity contribution in [2.24, 2.45) is 0 Å². The maximum atomic E-state index is 12.9. The minimum absolute atomic E-state index is 0.266. The lowest BCUT2D eigenvalue weighted by atomic mass is 10.1. The van der Waals surface area contributed by atoms with E-state index < -0.39 is 41.8 Å². The molecule has 12 nitrogen and oxygen atoms in total. The van der Waals surface area contributed by atoms with Crippen molar-refractivity contribution in [3.8, 4) is 11.5 Å². The van der Waals surface area contributed by atoms with Crippen molar-refractivity contribution >= 4 is 69.3 Å². The first-order valence-corrected chi connectivity index (χ1v) is 23.1. The van der Waals surface area contributed by atoms with Crippen molar-refractivity contribution < 1.29 is 47.6 Å². The molecule has 1 unspecified atom stereocenters. The average Bonchev–Trinajstić information content (AvgIpc) is 3.20. The molecule has 0 aliphatic rings. The molecular formula is C46H62I2N2O10. The van der Waals surface area contributed by atoms with Crippen molar-refractivity contribution in [2.75, 3.05) is 33.0 Å². The molecule has 14 heteroatoms. The van der Waals surface area contributed by atoms with E-state index in [4.69, 9.17) is 28.4 Å². The third-order valence-electron chi connectivity index (χ3n) is 8.92. The Bertz CT molecular complexity index is 1720. The fourth-order valence-corrected chi connectivity index (χ4v) is 6.98. The van der Waals surface area contributed by atoms with Gasteiger partial charge < -0.3 is 39.1 Å². The summed E-state index contributed by atoms with van der Waals surface area (Å²) in [6.45, 7) is 9.31. The van der Waals surface area contributed by atoms with Crippen LogP contribution in [-0.4, -0.2) is 74.8 Å². The Morgan fingerprint density at radius 2 is 0.950 bits per heavy atom.